The minimum absolute atomic E-state index is 0.718. The van der Waals surface area contributed by atoms with Gasteiger partial charge in [0.2, 0.25) is 0 Å². The maximum absolute atomic E-state index is 5.36. The summed E-state index contributed by atoms with van der Waals surface area (Å²) in [5, 5.41) is 5.61. The molecule has 4 aromatic heterocycles. The van der Waals surface area contributed by atoms with E-state index in [0.29, 0.717) is 0 Å². The topological polar surface area (TPSA) is 51.6 Å². The van der Waals surface area contributed by atoms with Crippen LogP contribution in [0.2, 0.25) is 0 Å². The first kappa shape index (κ1) is 27.8. The summed E-state index contributed by atoms with van der Waals surface area (Å²) in [5.41, 5.74) is 9.52. The SMILES string of the molecule is c1ccc(-c2ccc3ccc4ccc(-c5ccccc5-c5nc(-c6cccc7c6sc6ccccc67)nc6ccccc56)nc4c3n2)cc1. The van der Waals surface area contributed by atoms with Crippen LogP contribution in [0.15, 0.2) is 158 Å². The van der Waals surface area contributed by atoms with E-state index < -0.39 is 0 Å². The van der Waals surface area contributed by atoms with Crippen LogP contribution in [0.3, 0.4) is 0 Å². The van der Waals surface area contributed by atoms with Gasteiger partial charge in [0, 0.05) is 58.6 Å². The molecule has 6 aromatic carbocycles. The normalized spacial score (nSPS) is 11.7. The molecule has 0 atom stereocenters. The Bertz CT molecular complexity index is 2890. The van der Waals surface area contributed by atoms with E-state index in [1.54, 1.807) is 11.3 Å². The van der Waals surface area contributed by atoms with Gasteiger partial charge < -0.3 is 0 Å². The van der Waals surface area contributed by atoms with Crippen LogP contribution in [0.25, 0.3) is 98.0 Å². The number of pyridine rings is 2. The molecule has 0 aliphatic rings. The predicted molar refractivity (Wildman–Crippen MR) is 205 cm³/mol. The van der Waals surface area contributed by atoms with Crippen LogP contribution in [-0.2, 0) is 0 Å². The summed E-state index contributed by atoms with van der Waals surface area (Å²) >= 11 is 1.80. The number of hydrogen-bond donors (Lipinski definition) is 0. The molecule has 10 aromatic rings. The first-order valence-electron chi connectivity index (χ1n) is 16.3. The molecule has 0 radical (unpaired) electrons. The van der Waals surface area contributed by atoms with E-state index in [-0.39, 0.29) is 0 Å². The largest absolute Gasteiger partial charge is 0.245 e. The Hall–Kier alpha value is -6.30. The molecule has 4 nitrogen and oxygen atoms in total. The molecule has 228 valence electrons. The van der Waals surface area contributed by atoms with Crippen molar-refractivity contribution in [3.8, 4) is 45.2 Å². The van der Waals surface area contributed by atoms with Gasteiger partial charge >= 0.3 is 0 Å². The van der Waals surface area contributed by atoms with Crippen molar-refractivity contribution in [1.82, 2.24) is 19.9 Å². The van der Waals surface area contributed by atoms with E-state index in [1.807, 2.05) is 24.3 Å². The molecule has 4 heterocycles. The highest BCUT2D eigenvalue weighted by Crippen LogP contribution is 2.41. The van der Waals surface area contributed by atoms with Gasteiger partial charge in [-0.15, -0.1) is 11.3 Å². The summed E-state index contributed by atoms with van der Waals surface area (Å²) < 4.78 is 2.46. The first-order chi connectivity index (χ1) is 24.3. The van der Waals surface area contributed by atoms with Gasteiger partial charge in [-0.3, -0.25) is 0 Å². The second kappa shape index (κ2) is 11.2. The van der Waals surface area contributed by atoms with Crippen molar-refractivity contribution in [2.75, 3.05) is 0 Å². The van der Waals surface area contributed by atoms with Gasteiger partial charge in [0.1, 0.15) is 0 Å². The zero-order chi connectivity index (χ0) is 32.3. The second-order valence-corrected chi connectivity index (χ2v) is 13.3. The van der Waals surface area contributed by atoms with E-state index >= 15 is 0 Å². The molecule has 0 saturated carbocycles. The van der Waals surface area contributed by atoms with E-state index in [1.165, 1.54) is 20.2 Å². The fraction of sp³-hybridized carbons (Fsp3) is 0. The first-order valence-corrected chi connectivity index (χ1v) is 17.1. The highest BCUT2D eigenvalue weighted by Gasteiger charge is 2.19. The standard InChI is InChI=1S/C44H26N4S/c1-2-11-27(12-3-1)36-25-23-28-21-22-29-24-26-38(46-41(29)40(28)45-36)30-13-4-5-15-32(30)42-34-16-6-8-19-37(34)47-44(48-42)35-18-10-17-33-31-14-7-9-20-39(31)49-43(33)35/h1-26H. The van der Waals surface area contributed by atoms with Gasteiger partial charge in [-0.25, -0.2) is 19.9 Å². The molecule has 49 heavy (non-hydrogen) atoms. The maximum Gasteiger partial charge on any atom is 0.161 e. The lowest BCUT2D eigenvalue weighted by Gasteiger charge is -2.14. The third-order valence-electron chi connectivity index (χ3n) is 9.30. The van der Waals surface area contributed by atoms with Crippen molar-refractivity contribution in [3.05, 3.63) is 158 Å². The second-order valence-electron chi connectivity index (χ2n) is 12.2. The Labute approximate surface area is 286 Å². The maximum atomic E-state index is 5.36. The van der Waals surface area contributed by atoms with Gasteiger partial charge in [-0.1, -0.05) is 127 Å². The zero-order valence-electron chi connectivity index (χ0n) is 26.2. The molecule has 0 aliphatic heterocycles. The zero-order valence-corrected chi connectivity index (χ0v) is 27.0. The van der Waals surface area contributed by atoms with Gasteiger partial charge in [0.05, 0.1) is 33.6 Å². The molecule has 10 rings (SSSR count). The van der Waals surface area contributed by atoms with Gasteiger partial charge in [0.15, 0.2) is 5.82 Å². The lowest BCUT2D eigenvalue weighted by Crippen LogP contribution is -1.97. The van der Waals surface area contributed by atoms with Crippen LogP contribution in [0.4, 0.5) is 0 Å². The number of thiophene rings is 1. The number of hydrogen-bond acceptors (Lipinski definition) is 5. The van der Waals surface area contributed by atoms with E-state index in [9.17, 15) is 0 Å². The van der Waals surface area contributed by atoms with Crippen molar-refractivity contribution >= 4 is 64.2 Å². The molecule has 0 fully saturated rings. The van der Waals surface area contributed by atoms with Crippen LogP contribution in [0, 0.1) is 0 Å². The molecule has 0 N–H and O–H groups in total. The molecule has 0 amide bonds. The van der Waals surface area contributed by atoms with Crippen LogP contribution < -0.4 is 0 Å². The molecular formula is C44H26N4S. The average Bonchev–Trinajstić information content (AvgIpc) is 3.56. The third-order valence-corrected chi connectivity index (χ3v) is 10.5. The van der Waals surface area contributed by atoms with Crippen molar-refractivity contribution < 1.29 is 0 Å². The summed E-state index contributed by atoms with van der Waals surface area (Å²) in [6.07, 6.45) is 0. The Morgan fingerprint density at radius 1 is 0.388 bits per heavy atom. The summed E-state index contributed by atoms with van der Waals surface area (Å²) in [4.78, 5) is 20.9. The summed E-state index contributed by atoms with van der Waals surface area (Å²) in [7, 11) is 0. The van der Waals surface area contributed by atoms with Crippen molar-refractivity contribution in [1.29, 1.82) is 0 Å². The van der Waals surface area contributed by atoms with Gasteiger partial charge in [-0.05, 0) is 30.3 Å². The molecule has 5 heteroatoms. The van der Waals surface area contributed by atoms with E-state index in [4.69, 9.17) is 19.9 Å². The van der Waals surface area contributed by atoms with E-state index in [0.717, 1.165) is 77.9 Å². The number of rotatable bonds is 4. The fourth-order valence-electron chi connectivity index (χ4n) is 6.93. The fourth-order valence-corrected chi connectivity index (χ4v) is 8.14. The Balaban J connectivity index is 1.18. The van der Waals surface area contributed by atoms with Crippen molar-refractivity contribution in [3.63, 3.8) is 0 Å². The Morgan fingerprint density at radius 3 is 1.84 bits per heavy atom. The van der Waals surface area contributed by atoms with Crippen LogP contribution in [0.1, 0.15) is 0 Å². The molecule has 0 aliphatic carbocycles. The third kappa shape index (κ3) is 4.59. The summed E-state index contributed by atoms with van der Waals surface area (Å²) in [6.45, 7) is 0. The lowest BCUT2D eigenvalue weighted by atomic mass is 9.97. The van der Waals surface area contributed by atoms with E-state index in [2.05, 4.69) is 133 Å². The van der Waals surface area contributed by atoms with Gasteiger partial charge in [0.25, 0.3) is 0 Å². The summed E-state index contributed by atoms with van der Waals surface area (Å²) in [6, 6.07) is 54.8. The molecule has 0 saturated heterocycles. The number of aromatic nitrogens is 4. The van der Waals surface area contributed by atoms with Crippen molar-refractivity contribution in [2.24, 2.45) is 0 Å². The minimum Gasteiger partial charge on any atom is -0.245 e. The van der Waals surface area contributed by atoms with Crippen LogP contribution >= 0.6 is 11.3 Å². The smallest absolute Gasteiger partial charge is 0.161 e. The lowest BCUT2D eigenvalue weighted by molar-refractivity contribution is 1.23. The average molecular weight is 643 g/mol. The molecule has 0 spiro atoms. The highest BCUT2D eigenvalue weighted by molar-refractivity contribution is 7.26. The Morgan fingerprint density at radius 2 is 1.00 bits per heavy atom. The number of para-hydroxylation sites is 1. The van der Waals surface area contributed by atoms with Crippen LogP contribution in [-0.4, -0.2) is 19.9 Å². The van der Waals surface area contributed by atoms with Crippen molar-refractivity contribution in [2.45, 2.75) is 0 Å². The summed E-state index contributed by atoms with van der Waals surface area (Å²) in [5.74, 6) is 0.718. The monoisotopic (exact) mass is 642 g/mol. The minimum atomic E-state index is 0.718. The molecular weight excluding hydrogens is 617 g/mol. The number of benzene rings is 6. The number of nitrogens with zero attached hydrogens (tertiary/aromatic N) is 4. The molecule has 0 unspecified atom stereocenters. The Kier molecular flexibility index (Phi) is 6.32. The number of fused-ring (bicyclic) bond motifs is 7. The quantitative estimate of drug-likeness (QED) is 0.179. The predicted octanol–water partition coefficient (Wildman–Crippen LogP) is 11.8. The van der Waals surface area contributed by atoms with Gasteiger partial charge in [-0.2, -0.15) is 0 Å². The highest BCUT2D eigenvalue weighted by atomic mass is 32.1. The molecule has 0 bridgehead atoms. The van der Waals surface area contributed by atoms with Crippen LogP contribution in [0.5, 0.6) is 0 Å².